The Hall–Kier alpha value is -2.14. The van der Waals surface area contributed by atoms with Crippen LogP contribution in [0.2, 0.25) is 0 Å². The van der Waals surface area contributed by atoms with Crippen LogP contribution in [-0.4, -0.2) is 33.3 Å². The highest BCUT2D eigenvalue weighted by Crippen LogP contribution is 2.24. The first-order chi connectivity index (χ1) is 11.6. The maximum atomic E-state index is 12.8. The normalized spacial score (nSPS) is 11.1. The predicted molar refractivity (Wildman–Crippen MR) is 99.7 cm³/mol. The number of nitrogens with zero attached hydrogens (tertiary/aromatic N) is 3. The van der Waals surface area contributed by atoms with Gasteiger partial charge in [0.15, 0.2) is 4.96 Å². The summed E-state index contributed by atoms with van der Waals surface area (Å²) >= 11 is 1.52. The molecule has 0 aliphatic rings. The van der Waals surface area contributed by atoms with Crippen LogP contribution >= 0.6 is 11.3 Å². The molecule has 0 radical (unpaired) electrons. The smallest absolute Gasteiger partial charge is 0.271 e. The van der Waals surface area contributed by atoms with E-state index in [-0.39, 0.29) is 5.91 Å². The quantitative estimate of drug-likeness (QED) is 0.655. The molecule has 0 saturated carbocycles. The van der Waals surface area contributed by atoms with Gasteiger partial charge in [0.25, 0.3) is 5.91 Å². The lowest BCUT2D eigenvalue weighted by molar-refractivity contribution is 0.0755. The minimum atomic E-state index is 0.0880. The predicted octanol–water partition coefficient (Wildman–Crippen LogP) is 4.63. The molecule has 3 rings (SSSR count). The highest BCUT2D eigenvalue weighted by atomic mass is 32.1. The van der Waals surface area contributed by atoms with Crippen molar-refractivity contribution in [2.45, 2.75) is 33.6 Å². The molecule has 4 nitrogen and oxygen atoms in total. The topological polar surface area (TPSA) is 37.6 Å². The summed E-state index contributed by atoms with van der Waals surface area (Å²) < 4.78 is 1.93. The first-order valence-corrected chi connectivity index (χ1v) is 9.35. The lowest BCUT2D eigenvalue weighted by Gasteiger charge is -2.19. The lowest BCUT2D eigenvalue weighted by atomic mass is 10.1. The van der Waals surface area contributed by atoms with Gasteiger partial charge >= 0.3 is 0 Å². The molecule has 0 aliphatic carbocycles. The van der Waals surface area contributed by atoms with E-state index in [2.05, 4.69) is 43.1 Å². The standard InChI is InChI=1S/C19H23N3OS/c1-4-6-11-21(5-2)18(23)17-13-24-19-20-16(12-22(17)19)15-9-7-14(3)8-10-15/h7-10,12-13H,4-6,11H2,1-3H3. The van der Waals surface area contributed by atoms with E-state index in [1.807, 2.05) is 27.8 Å². The van der Waals surface area contributed by atoms with Crippen molar-refractivity contribution in [1.82, 2.24) is 14.3 Å². The molecule has 0 atom stereocenters. The number of carbonyl (C=O) groups excluding carboxylic acids is 1. The van der Waals surface area contributed by atoms with Gasteiger partial charge in [0.1, 0.15) is 5.69 Å². The zero-order valence-electron chi connectivity index (χ0n) is 14.5. The number of amides is 1. The van der Waals surface area contributed by atoms with Gasteiger partial charge in [0.05, 0.1) is 5.69 Å². The van der Waals surface area contributed by atoms with Crippen LogP contribution in [0.25, 0.3) is 16.2 Å². The van der Waals surface area contributed by atoms with Crippen molar-refractivity contribution in [1.29, 1.82) is 0 Å². The largest absolute Gasteiger partial charge is 0.338 e. The van der Waals surface area contributed by atoms with Gasteiger partial charge in [-0.2, -0.15) is 0 Å². The van der Waals surface area contributed by atoms with E-state index >= 15 is 0 Å². The Morgan fingerprint density at radius 3 is 2.67 bits per heavy atom. The molecule has 0 aliphatic heterocycles. The summed E-state index contributed by atoms with van der Waals surface area (Å²) in [4.78, 5) is 20.3. The fourth-order valence-electron chi connectivity index (χ4n) is 2.72. The van der Waals surface area contributed by atoms with E-state index in [0.717, 1.165) is 42.1 Å². The van der Waals surface area contributed by atoms with Crippen LogP contribution in [0.5, 0.6) is 0 Å². The molecule has 0 unspecified atom stereocenters. The van der Waals surface area contributed by atoms with E-state index < -0.39 is 0 Å². The zero-order chi connectivity index (χ0) is 17.1. The van der Waals surface area contributed by atoms with Crippen LogP contribution < -0.4 is 0 Å². The minimum Gasteiger partial charge on any atom is -0.338 e. The first kappa shape index (κ1) is 16.7. The average molecular weight is 341 g/mol. The Kier molecular flexibility index (Phi) is 5.00. The summed E-state index contributed by atoms with van der Waals surface area (Å²) in [6, 6.07) is 8.31. The maximum Gasteiger partial charge on any atom is 0.271 e. The van der Waals surface area contributed by atoms with Gasteiger partial charge in [-0.1, -0.05) is 43.2 Å². The molecule has 0 saturated heterocycles. The third-order valence-electron chi connectivity index (χ3n) is 4.23. The highest BCUT2D eigenvalue weighted by Gasteiger charge is 2.19. The zero-order valence-corrected chi connectivity index (χ0v) is 15.3. The van der Waals surface area contributed by atoms with Crippen molar-refractivity contribution in [2.75, 3.05) is 13.1 Å². The number of carbonyl (C=O) groups is 1. The second-order valence-corrected chi connectivity index (χ2v) is 6.84. The Morgan fingerprint density at radius 1 is 1.25 bits per heavy atom. The van der Waals surface area contributed by atoms with Gasteiger partial charge in [0, 0.05) is 30.2 Å². The molecule has 0 N–H and O–H groups in total. The van der Waals surface area contributed by atoms with Crippen molar-refractivity contribution in [3.05, 3.63) is 47.1 Å². The summed E-state index contributed by atoms with van der Waals surface area (Å²) in [6.07, 6.45) is 4.09. The molecule has 2 heterocycles. The number of fused-ring (bicyclic) bond motifs is 1. The third-order valence-corrected chi connectivity index (χ3v) is 5.07. The Balaban J connectivity index is 1.92. The SMILES string of the molecule is CCCCN(CC)C(=O)c1csc2nc(-c3ccc(C)cc3)cn12. The van der Waals surface area contributed by atoms with Gasteiger partial charge in [-0.15, -0.1) is 11.3 Å². The molecular weight excluding hydrogens is 318 g/mol. The number of thiazole rings is 1. The molecule has 0 fully saturated rings. The Morgan fingerprint density at radius 2 is 2.00 bits per heavy atom. The molecule has 0 bridgehead atoms. The van der Waals surface area contributed by atoms with Crippen molar-refractivity contribution in [3.8, 4) is 11.3 Å². The van der Waals surface area contributed by atoms with Crippen LogP contribution in [0.3, 0.4) is 0 Å². The third kappa shape index (κ3) is 3.22. The molecule has 1 amide bonds. The lowest BCUT2D eigenvalue weighted by Crippen LogP contribution is -2.32. The second-order valence-electron chi connectivity index (χ2n) is 6.00. The van der Waals surface area contributed by atoms with Crippen LogP contribution in [-0.2, 0) is 0 Å². The maximum absolute atomic E-state index is 12.8. The van der Waals surface area contributed by atoms with Crippen LogP contribution in [0, 0.1) is 6.92 Å². The van der Waals surface area contributed by atoms with Gasteiger partial charge in [-0.05, 0) is 20.3 Å². The molecule has 1 aromatic carbocycles. The molecule has 5 heteroatoms. The van der Waals surface area contributed by atoms with Crippen molar-refractivity contribution in [3.63, 3.8) is 0 Å². The number of imidazole rings is 1. The fourth-order valence-corrected chi connectivity index (χ4v) is 3.56. The van der Waals surface area contributed by atoms with Gasteiger partial charge in [-0.25, -0.2) is 4.98 Å². The van der Waals surface area contributed by atoms with E-state index in [0.29, 0.717) is 5.69 Å². The second kappa shape index (κ2) is 7.18. The van der Waals surface area contributed by atoms with Crippen LogP contribution in [0.4, 0.5) is 0 Å². The highest BCUT2D eigenvalue weighted by molar-refractivity contribution is 7.15. The van der Waals surface area contributed by atoms with Gasteiger partial charge < -0.3 is 4.90 Å². The van der Waals surface area contributed by atoms with Gasteiger partial charge in [0.2, 0.25) is 0 Å². The number of benzene rings is 1. The molecule has 24 heavy (non-hydrogen) atoms. The molecular formula is C19H23N3OS. The molecule has 0 spiro atoms. The van der Waals surface area contributed by atoms with E-state index in [4.69, 9.17) is 0 Å². The number of aryl methyl sites for hydroxylation is 1. The fraction of sp³-hybridized carbons (Fsp3) is 0.368. The minimum absolute atomic E-state index is 0.0880. The molecule has 2 aromatic heterocycles. The van der Waals surface area contributed by atoms with E-state index in [1.54, 1.807) is 0 Å². The van der Waals surface area contributed by atoms with Gasteiger partial charge in [-0.3, -0.25) is 9.20 Å². The van der Waals surface area contributed by atoms with Crippen molar-refractivity contribution < 1.29 is 4.79 Å². The van der Waals surface area contributed by atoms with Crippen LogP contribution in [0.1, 0.15) is 42.7 Å². The van der Waals surface area contributed by atoms with E-state index in [9.17, 15) is 4.79 Å². The summed E-state index contributed by atoms with van der Waals surface area (Å²) in [5, 5.41) is 1.91. The van der Waals surface area contributed by atoms with Crippen molar-refractivity contribution >= 4 is 22.2 Å². The van der Waals surface area contributed by atoms with Crippen molar-refractivity contribution in [2.24, 2.45) is 0 Å². The average Bonchev–Trinajstić information content (AvgIpc) is 3.16. The number of hydrogen-bond donors (Lipinski definition) is 0. The summed E-state index contributed by atoms with van der Waals surface area (Å²) in [5.74, 6) is 0.0880. The first-order valence-electron chi connectivity index (χ1n) is 8.47. The molecule has 3 aromatic rings. The summed E-state index contributed by atoms with van der Waals surface area (Å²) in [5.41, 5.74) is 3.92. The summed E-state index contributed by atoms with van der Waals surface area (Å²) in [6.45, 7) is 7.79. The number of unbranched alkanes of at least 4 members (excludes halogenated alkanes) is 1. The van der Waals surface area contributed by atoms with Crippen LogP contribution in [0.15, 0.2) is 35.8 Å². The molecule has 126 valence electrons. The monoisotopic (exact) mass is 341 g/mol. The number of rotatable bonds is 6. The van der Waals surface area contributed by atoms with E-state index in [1.165, 1.54) is 16.9 Å². The number of aromatic nitrogens is 2. The number of hydrogen-bond acceptors (Lipinski definition) is 3. The Labute approximate surface area is 146 Å². The Bertz CT molecular complexity index is 832. The summed E-state index contributed by atoms with van der Waals surface area (Å²) in [7, 11) is 0.